The fraction of sp³-hybridized carbons (Fsp3) is 0.964. The molecule has 4 fully saturated rings. The third-order valence-corrected chi connectivity index (χ3v) is 9.72. The summed E-state index contributed by atoms with van der Waals surface area (Å²) in [6.07, 6.45) is -22.4. The van der Waals surface area contributed by atoms with Gasteiger partial charge in [-0.25, -0.2) is 0 Å². The molecule has 0 spiro atoms. The summed E-state index contributed by atoms with van der Waals surface area (Å²) in [5.41, 5.74) is 35.4. The van der Waals surface area contributed by atoms with E-state index in [0.717, 1.165) is 0 Å². The van der Waals surface area contributed by atoms with E-state index in [4.69, 9.17) is 62.8 Å². The Morgan fingerprint density at radius 2 is 1.33 bits per heavy atom. The highest BCUT2D eigenvalue weighted by Gasteiger charge is 2.54. The van der Waals surface area contributed by atoms with Crippen LogP contribution in [0.4, 0.5) is 0 Å². The summed E-state index contributed by atoms with van der Waals surface area (Å²) in [5.74, 6) is -1.79. The van der Waals surface area contributed by atoms with Crippen molar-refractivity contribution in [2.24, 2.45) is 40.3 Å². The summed E-state index contributed by atoms with van der Waals surface area (Å²) in [4.78, 5) is 12.8. The van der Waals surface area contributed by atoms with Gasteiger partial charge in [-0.3, -0.25) is 4.79 Å². The van der Waals surface area contributed by atoms with Crippen molar-refractivity contribution in [3.8, 4) is 0 Å². The number of ether oxygens (including phenoxy) is 6. The van der Waals surface area contributed by atoms with Gasteiger partial charge in [0.2, 0.25) is 0 Å². The third kappa shape index (κ3) is 8.92. The van der Waals surface area contributed by atoms with Crippen LogP contribution in [0, 0.1) is 5.92 Å². The summed E-state index contributed by atoms with van der Waals surface area (Å²) >= 11 is 0. The molecule has 0 bridgehead atoms. The molecule has 4 rings (SSSR count). The highest BCUT2D eigenvalue weighted by atomic mass is 16.8. The Balaban J connectivity index is 1.57. The van der Waals surface area contributed by atoms with Gasteiger partial charge in [0.1, 0.15) is 54.9 Å². The molecular formula is C28H54N6O15. The molecule has 49 heavy (non-hydrogen) atoms. The molecule has 20 N–H and O–H groups in total. The van der Waals surface area contributed by atoms with Crippen LogP contribution in [0.3, 0.4) is 0 Å². The lowest BCUT2D eigenvalue weighted by atomic mass is 9.76. The summed E-state index contributed by atoms with van der Waals surface area (Å²) in [6.45, 7) is -1.27. The van der Waals surface area contributed by atoms with Crippen LogP contribution in [0.25, 0.3) is 0 Å². The minimum Gasteiger partial charge on any atom is -0.394 e. The quantitative estimate of drug-likeness (QED) is 0.0794. The van der Waals surface area contributed by atoms with Crippen molar-refractivity contribution >= 4 is 5.78 Å². The first kappa shape index (κ1) is 40.6. The van der Waals surface area contributed by atoms with Gasteiger partial charge in [0.05, 0.1) is 43.1 Å². The van der Waals surface area contributed by atoms with Crippen molar-refractivity contribution in [1.82, 2.24) is 0 Å². The number of rotatable bonds is 14. The van der Waals surface area contributed by atoms with Crippen molar-refractivity contribution in [2.75, 3.05) is 26.2 Å². The van der Waals surface area contributed by atoms with Crippen LogP contribution in [-0.2, 0) is 33.2 Å². The number of aliphatic hydroxyl groups is 8. The molecule has 21 nitrogen and oxygen atoms in total. The topological polar surface area (TPSA) is 390 Å². The number of hydrogen-bond donors (Lipinski definition) is 14. The maximum Gasteiger partial charge on any atom is 0.187 e. The van der Waals surface area contributed by atoms with Crippen molar-refractivity contribution in [2.45, 2.75) is 136 Å². The molecule has 1 saturated carbocycles. The molecule has 0 aromatic carbocycles. The van der Waals surface area contributed by atoms with Crippen LogP contribution in [-0.4, -0.2) is 189 Å². The first-order chi connectivity index (χ1) is 23.2. The van der Waals surface area contributed by atoms with E-state index >= 15 is 0 Å². The van der Waals surface area contributed by atoms with Crippen LogP contribution >= 0.6 is 0 Å². The van der Waals surface area contributed by atoms with Gasteiger partial charge >= 0.3 is 0 Å². The molecule has 21 heteroatoms. The van der Waals surface area contributed by atoms with Crippen molar-refractivity contribution in [3.05, 3.63) is 0 Å². The van der Waals surface area contributed by atoms with E-state index in [1.54, 1.807) is 0 Å². The first-order valence-corrected chi connectivity index (χ1v) is 16.4. The van der Waals surface area contributed by atoms with E-state index < -0.39 is 148 Å². The van der Waals surface area contributed by atoms with Crippen LogP contribution in [0.15, 0.2) is 0 Å². The minimum absolute atomic E-state index is 0.0342. The number of carbonyl (C=O) groups is 1. The minimum atomic E-state index is -1.83. The van der Waals surface area contributed by atoms with Gasteiger partial charge in [-0.1, -0.05) is 0 Å². The molecule has 3 heterocycles. The van der Waals surface area contributed by atoms with Gasteiger partial charge in [-0.2, -0.15) is 0 Å². The SMILES string of the molecule is NC[C@@H]1C[C@@H](O)[C@@H](N)[C@@H](O[C@H]2[C@H](O[C@@H]3O[C@H](CO)[C@@H](O[C@H]4O[C@@H](CN)[C@@H](O)[C@H](O)[C@H]4N)[C@H]3O)[C@@H](O)[C@H](CC(=O)[C@@H](O)[C@H](O)CN)C[C@@H]2N)O1. The van der Waals surface area contributed by atoms with Gasteiger partial charge in [0, 0.05) is 38.5 Å². The Hall–Kier alpha value is -1.13. The van der Waals surface area contributed by atoms with Crippen LogP contribution in [0.5, 0.6) is 0 Å². The van der Waals surface area contributed by atoms with E-state index in [1.165, 1.54) is 0 Å². The summed E-state index contributed by atoms with van der Waals surface area (Å²) in [7, 11) is 0. The molecular weight excluding hydrogens is 660 g/mol. The van der Waals surface area contributed by atoms with Crippen molar-refractivity contribution < 1.29 is 74.1 Å². The lowest BCUT2D eigenvalue weighted by Crippen LogP contribution is -2.64. The average Bonchev–Trinajstić information content (AvgIpc) is 3.38. The zero-order chi connectivity index (χ0) is 36.3. The van der Waals surface area contributed by atoms with Gasteiger partial charge < -0.3 is 104 Å². The number of ketones is 1. The fourth-order valence-electron chi connectivity index (χ4n) is 6.68. The van der Waals surface area contributed by atoms with Crippen molar-refractivity contribution in [1.29, 1.82) is 0 Å². The van der Waals surface area contributed by atoms with Gasteiger partial charge in [-0.15, -0.1) is 0 Å². The maximum absolute atomic E-state index is 12.8. The molecule has 0 aromatic rings. The molecule has 20 atom stereocenters. The lowest BCUT2D eigenvalue weighted by molar-refractivity contribution is -0.298. The van der Waals surface area contributed by atoms with Gasteiger partial charge in [-0.05, 0) is 12.3 Å². The molecule has 3 saturated heterocycles. The predicted molar refractivity (Wildman–Crippen MR) is 163 cm³/mol. The average molecular weight is 715 g/mol. The number of nitrogens with two attached hydrogens (primary N) is 6. The van der Waals surface area contributed by atoms with Gasteiger partial charge in [0.15, 0.2) is 24.7 Å². The van der Waals surface area contributed by atoms with Crippen LogP contribution < -0.4 is 34.4 Å². The summed E-state index contributed by atoms with van der Waals surface area (Å²) in [5, 5.41) is 84.2. The first-order valence-electron chi connectivity index (χ1n) is 16.4. The smallest absolute Gasteiger partial charge is 0.187 e. The standard InChI is InChI=1S/C28H54N6O15/c29-4-9-3-11(36)16(33)26(44-9)47-23-10(32)1-8(2-12(37)19(40)13(38)5-30)18(39)25(23)49-28-22(43)24(15(7-35)46-28)48-27-17(34)21(42)20(41)14(6-31)45-27/h8-11,13-28,35-36,38-43H,1-7,29-34H2/t8-,9-,10-,11+,13+,14-,15+,16+,17+,18-,19+,20+,21+,22+,23+,24+,25+,26+,27+,28-/m0/s1. The number of Topliss-reactive ketones (excluding diaryl/α,β-unsaturated/α-hetero) is 1. The Kier molecular flexibility index (Phi) is 14.6. The molecule has 3 aliphatic heterocycles. The Morgan fingerprint density at radius 1 is 0.714 bits per heavy atom. The van der Waals surface area contributed by atoms with E-state index in [-0.39, 0.29) is 25.9 Å². The molecule has 1 aliphatic carbocycles. The zero-order valence-electron chi connectivity index (χ0n) is 26.9. The fourth-order valence-corrected chi connectivity index (χ4v) is 6.68. The number of hydrogen-bond acceptors (Lipinski definition) is 21. The Morgan fingerprint density at radius 3 is 1.94 bits per heavy atom. The van der Waals surface area contributed by atoms with E-state index in [1.807, 2.05) is 0 Å². The zero-order valence-corrected chi connectivity index (χ0v) is 26.9. The maximum atomic E-state index is 12.8. The molecule has 0 aromatic heterocycles. The van der Waals surface area contributed by atoms with Crippen molar-refractivity contribution in [3.63, 3.8) is 0 Å². The van der Waals surface area contributed by atoms with E-state index in [0.29, 0.717) is 0 Å². The normalized spacial score (nSPS) is 47.6. The molecule has 0 unspecified atom stereocenters. The molecule has 0 radical (unpaired) electrons. The molecule has 4 aliphatic rings. The predicted octanol–water partition coefficient (Wildman–Crippen LogP) is -8.94. The summed E-state index contributed by atoms with van der Waals surface area (Å²) < 4.78 is 35.2. The largest absolute Gasteiger partial charge is 0.394 e. The highest BCUT2D eigenvalue weighted by molar-refractivity contribution is 5.83. The highest BCUT2D eigenvalue weighted by Crippen LogP contribution is 2.37. The summed E-state index contributed by atoms with van der Waals surface area (Å²) in [6, 6.07) is -3.35. The number of carbonyl (C=O) groups excluding carboxylic acids is 1. The number of aliphatic hydroxyl groups excluding tert-OH is 8. The second-order valence-electron chi connectivity index (χ2n) is 13.2. The Bertz CT molecular complexity index is 1060. The molecule has 0 amide bonds. The second kappa shape index (κ2) is 17.6. The van der Waals surface area contributed by atoms with E-state index in [9.17, 15) is 45.6 Å². The van der Waals surface area contributed by atoms with Gasteiger partial charge in [0.25, 0.3) is 0 Å². The van der Waals surface area contributed by atoms with E-state index in [2.05, 4.69) is 0 Å². The third-order valence-electron chi connectivity index (χ3n) is 9.72. The second-order valence-corrected chi connectivity index (χ2v) is 13.2. The monoisotopic (exact) mass is 714 g/mol. The Labute approximate surface area is 282 Å². The molecule has 286 valence electrons. The van der Waals surface area contributed by atoms with Crippen LogP contribution in [0.2, 0.25) is 0 Å². The van der Waals surface area contributed by atoms with Crippen LogP contribution in [0.1, 0.15) is 19.3 Å². The lowest BCUT2D eigenvalue weighted by Gasteiger charge is -2.47.